The van der Waals surface area contributed by atoms with E-state index in [9.17, 15) is 9.90 Å². The van der Waals surface area contributed by atoms with Gasteiger partial charge in [0, 0.05) is 13.1 Å². The zero-order valence-corrected chi connectivity index (χ0v) is 11.1. The van der Waals surface area contributed by atoms with Crippen molar-refractivity contribution in [1.82, 2.24) is 14.7 Å². The second-order valence-electron chi connectivity index (χ2n) is 4.91. The van der Waals surface area contributed by atoms with Crippen molar-refractivity contribution in [3.63, 3.8) is 0 Å². The van der Waals surface area contributed by atoms with E-state index >= 15 is 0 Å². The highest BCUT2D eigenvalue weighted by molar-refractivity contribution is 5.73. The standard InChI is InChI=1S/C13H21N3O2/c1-3-16-11(8-10(2)14-16)9-15-7-5-4-6-12(15)13(17)18/h8,12H,3-7,9H2,1-2H3,(H,17,18). The van der Waals surface area contributed by atoms with Crippen LogP contribution in [0, 0.1) is 6.92 Å². The van der Waals surface area contributed by atoms with Crippen LogP contribution in [0.2, 0.25) is 0 Å². The zero-order chi connectivity index (χ0) is 13.1. The van der Waals surface area contributed by atoms with Crippen LogP contribution in [0.25, 0.3) is 0 Å². The Kier molecular flexibility index (Phi) is 4.01. The summed E-state index contributed by atoms with van der Waals surface area (Å²) in [6, 6.07) is 1.72. The summed E-state index contributed by atoms with van der Waals surface area (Å²) < 4.78 is 1.96. The predicted octanol–water partition coefficient (Wildman–Crippen LogP) is 1.65. The van der Waals surface area contributed by atoms with E-state index in [4.69, 9.17) is 0 Å². The van der Waals surface area contributed by atoms with Gasteiger partial charge in [0.2, 0.25) is 0 Å². The van der Waals surface area contributed by atoms with E-state index < -0.39 is 5.97 Å². The molecule has 1 atom stereocenters. The molecule has 5 heteroatoms. The number of carboxylic acid groups (broad SMARTS) is 1. The van der Waals surface area contributed by atoms with Gasteiger partial charge in [0.25, 0.3) is 0 Å². The molecule has 2 heterocycles. The lowest BCUT2D eigenvalue weighted by atomic mass is 10.0. The molecule has 18 heavy (non-hydrogen) atoms. The number of aromatic nitrogens is 2. The van der Waals surface area contributed by atoms with Gasteiger partial charge in [0.15, 0.2) is 0 Å². The Balaban J connectivity index is 2.13. The number of aryl methyl sites for hydroxylation is 2. The van der Waals surface area contributed by atoms with E-state index in [0.717, 1.165) is 43.7 Å². The monoisotopic (exact) mass is 251 g/mol. The molecule has 2 rings (SSSR count). The lowest BCUT2D eigenvalue weighted by molar-refractivity contribution is -0.144. The molecule has 1 aliphatic heterocycles. The number of carbonyl (C=O) groups is 1. The van der Waals surface area contributed by atoms with Gasteiger partial charge in [-0.3, -0.25) is 14.4 Å². The second kappa shape index (κ2) is 5.52. The van der Waals surface area contributed by atoms with Gasteiger partial charge in [0.1, 0.15) is 6.04 Å². The molecule has 1 unspecified atom stereocenters. The number of hydrogen-bond acceptors (Lipinski definition) is 3. The molecule has 0 radical (unpaired) electrons. The summed E-state index contributed by atoms with van der Waals surface area (Å²) in [6.07, 6.45) is 2.86. The lowest BCUT2D eigenvalue weighted by Gasteiger charge is -2.32. The van der Waals surface area contributed by atoms with Gasteiger partial charge < -0.3 is 5.11 Å². The Morgan fingerprint density at radius 3 is 3.00 bits per heavy atom. The number of rotatable bonds is 4. The summed E-state index contributed by atoms with van der Waals surface area (Å²) in [6.45, 7) is 6.41. The molecule has 1 N–H and O–H groups in total. The van der Waals surface area contributed by atoms with E-state index in [1.807, 2.05) is 11.6 Å². The Hall–Kier alpha value is -1.36. The molecule has 5 nitrogen and oxygen atoms in total. The third-order valence-corrected chi connectivity index (χ3v) is 3.55. The van der Waals surface area contributed by atoms with Crippen LogP contribution in [0.3, 0.4) is 0 Å². The third kappa shape index (κ3) is 2.72. The maximum Gasteiger partial charge on any atom is 0.320 e. The van der Waals surface area contributed by atoms with Crippen LogP contribution < -0.4 is 0 Å². The fourth-order valence-electron chi connectivity index (χ4n) is 2.67. The summed E-state index contributed by atoms with van der Waals surface area (Å²) in [5.74, 6) is -0.700. The van der Waals surface area contributed by atoms with Gasteiger partial charge in [-0.1, -0.05) is 6.42 Å². The van der Waals surface area contributed by atoms with E-state index in [0.29, 0.717) is 6.54 Å². The van der Waals surface area contributed by atoms with Crippen molar-refractivity contribution in [2.75, 3.05) is 6.54 Å². The Labute approximate surface area is 107 Å². The second-order valence-corrected chi connectivity index (χ2v) is 4.91. The third-order valence-electron chi connectivity index (χ3n) is 3.55. The van der Waals surface area contributed by atoms with Crippen LogP contribution in [0.4, 0.5) is 0 Å². The predicted molar refractivity (Wildman–Crippen MR) is 68.3 cm³/mol. The number of carboxylic acids is 1. The first-order valence-electron chi connectivity index (χ1n) is 6.62. The van der Waals surface area contributed by atoms with Gasteiger partial charge >= 0.3 is 5.97 Å². The minimum atomic E-state index is -0.700. The zero-order valence-electron chi connectivity index (χ0n) is 11.1. The quantitative estimate of drug-likeness (QED) is 0.884. The van der Waals surface area contributed by atoms with Crippen LogP contribution in [-0.2, 0) is 17.9 Å². The smallest absolute Gasteiger partial charge is 0.320 e. The highest BCUT2D eigenvalue weighted by atomic mass is 16.4. The Morgan fingerprint density at radius 2 is 2.33 bits per heavy atom. The van der Waals surface area contributed by atoms with Gasteiger partial charge in [-0.25, -0.2) is 0 Å². The Morgan fingerprint density at radius 1 is 1.56 bits per heavy atom. The molecule has 0 spiro atoms. The van der Waals surface area contributed by atoms with Crippen molar-refractivity contribution in [3.05, 3.63) is 17.5 Å². The van der Waals surface area contributed by atoms with Crippen molar-refractivity contribution in [2.45, 2.75) is 52.2 Å². The molecule has 0 saturated carbocycles. The van der Waals surface area contributed by atoms with Crippen LogP contribution >= 0.6 is 0 Å². The van der Waals surface area contributed by atoms with Crippen LogP contribution in [0.1, 0.15) is 37.6 Å². The van der Waals surface area contributed by atoms with Gasteiger partial charge in [-0.2, -0.15) is 5.10 Å². The normalized spacial score (nSPS) is 21.1. The molecule has 100 valence electrons. The van der Waals surface area contributed by atoms with Gasteiger partial charge in [0.05, 0.1) is 11.4 Å². The van der Waals surface area contributed by atoms with Crippen molar-refractivity contribution < 1.29 is 9.90 Å². The first kappa shape index (κ1) is 13.1. The number of nitrogens with zero attached hydrogens (tertiary/aromatic N) is 3. The lowest BCUT2D eigenvalue weighted by Crippen LogP contribution is -2.44. The van der Waals surface area contributed by atoms with Crippen molar-refractivity contribution >= 4 is 5.97 Å². The number of hydrogen-bond donors (Lipinski definition) is 1. The summed E-state index contributed by atoms with van der Waals surface area (Å²) in [5, 5.41) is 13.7. The van der Waals surface area contributed by atoms with Crippen LogP contribution in [0.15, 0.2) is 6.07 Å². The Bertz CT molecular complexity index is 428. The molecule has 1 aromatic rings. The van der Waals surface area contributed by atoms with Crippen LogP contribution in [0.5, 0.6) is 0 Å². The summed E-state index contributed by atoms with van der Waals surface area (Å²) >= 11 is 0. The highest BCUT2D eigenvalue weighted by Gasteiger charge is 2.28. The molecule has 0 aromatic carbocycles. The largest absolute Gasteiger partial charge is 0.480 e. The maximum absolute atomic E-state index is 11.3. The van der Waals surface area contributed by atoms with Crippen molar-refractivity contribution in [3.8, 4) is 0 Å². The van der Waals surface area contributed by atoms with Crippen LogP contribution in [-0.4, -0.2) is 38.3 Å². The molecular formula is C13H21N3O2. The van der Waals surface area contributed by atoms with E-state index in [1.54, 1.807) is 0 Å². The van der Waals surface area contributed by atoms with E-state index in [2.05, 4.69) is 23.0 Å². The first-order valence-corrected chi connectivity index (χ1v) is 6.62. The van der Waals surface area contributed by atoms with Gasteiger partial charge in [-0.05, 0) is 39.3 Å². The molecule has 1 saturated heterocycles. The maximum atomic E-state index is 11.3. The molecule has 0 bridgehead atoms. The minimum Gasteiger partial charge on any atom is -0.480 e. The summed E-state index contributed by atoms with van der Waals surface area (Å²) in [5.41, 5.74) is 2.11. The number of aliphatic carboxylic acids is 1. The average molecular weight is 251 g/mol. The fourth-order valence-corrected chi connectivity index (χ4v) is 2.67. The number of likely N-dealkylation sites (tertiary alicyclic amines) is 1. The summed E-state index contributed by atoms with van der Waals surface area (Å²) in [7, 11) is 0. The fraction of sp³-hybridized carbons (Fsp3) is 0.692. The average Bonchev–Trinajstić information content (AvgIpc) is 2.70. The topological polar surface area (TPSA) is 58.4 Å². The molecular weight excluding hydrogens is 230 g/mol. The molecule has 1 aliphatic rings. The number of piperidine rings is 1. The minimum absolute atomic E-state index is 0.334. The highest BCUT2D eigenvalue weighted by Crippen LogP contribution is 2.20. The molecule has 0 aliphatic carbocycles. The molecule has 1 aromatic heterocycles. The molecule has 0 amide bonds. The molecule has 1 fully saturated rings. The first-order chi connectivity index (χ1) is 8.61. The van der Waals surface area contributed by atoms with Gasteiger partial charge in [-0.15, -0.1) is 0 Å². The SMILES string of the molecule is CCn1nc(C)cc1CN1CCCCC1C(=O)O. The van der Waals surface area contributed by atoms with Crippen molar-refractivity contribution in [2.24, 2.45) is 0 Å². The summed E-state index contributed by atoms with van der Waals surface area (Å²) in [4.78, 5) is 13.3. The van der Waals surface area contributed by atoms with E-state index in [-0.39, 0.29) is 6.04 Å². The van der Waals surface area contributed by atoms with E-state index in [1.165, 1.54) is 0 Å². The van der Waals surface area contributed by atoms with Crippen molar-refractivity contribution in [1.29, 1.82) is 0 Å².